The number of amides is 4. The second-order valence-corrected chi connectivity index (χ2v) is 42.9. The van der Waals surface area contributed by atoms with Crippen LogP contribution in [0.3, 0.4) is 0 Å². The lowest BCUT2D eigenvalue weighted by Gasteiger charge is -2.35. The second-order valence-electron chi connectivity index (χ2n) is 38.4. The number of ketones is 2. The highest BCUT2D eigenvalue weighted by atomic mass is 32.2. The van der Waals surface area contributed by atoms with Gasteiger partial charge in [-0.05, 0) is 169 Å². The van der Waals surface area contributed by atoms with Crippen molar-refractivity contribution in [1.82, 2.24) is 49.6 Å². The Labute approximate surface area is 722 Å². The van der Waals surface area contributed by atoms with Crippen molar-refractivity contribution in [2.45, 2.75) is 274 Å². The van der Waals surface area contributed by atoms with Crippen molar-refractivity contribution in [3.8, 4) is 44.4 Å². The number of carbonyl (C=O) groups excluding carboxylic acids is 8. The second kappa shape index (κ2) is 35.5. The van der Waals surface area contributed by atoms with Crippen LogP contribution in [0.1, 0.15) is 215 Å². The number of fused-ring (bicyclic) bond motifs is 2. The van der Waals surface area contributed by atoms with E-state index in [1.165, 1.54) is 38.5 Å². The Balaban J connectivity index is 0.000000238. The number of hydrogen-bond acceptors (Lipinski definition) is 30. The number of allylic oxidation sites excluding steroid dienone is 1. The van der Waals surface area contributed by atoms with Gasteiger partial charge in [-0.1, -0.05) is 83.6 Å². The predicted octanol–water partition coefficient (Wildman–Crippen LogP) is 13.0. The van der Waals surface area contributed by atoms with Crippen LogP contribution in [0.25, 0.3) is 43.2 Å². The molecule has 2 aromatic carbocycles. The van der Waals surface area contributed by atoms with Gasteiger partial charge in [0.05, 0.1) is 97.1 Å². The van der Waals surface area contributed by atoms with Crippen molar-refractivity contribution < 1.29 is 92.0 Å². The van der Waals surface area contributed by atoms with E-state index in [0.29, 0.717) is 115 Å². The normalized spacial score (nSPS) is 22.7. The molecule has 0 radical (unpaired) electrons. The van der Waals surface area contributed by atoms with Crippen LogP contribution in [0.15, 0.2) is 61.2 Å². The molecule has 4 aromatic heterocycles. The predicted molar refractivity (Wildman–Crippen MR) is 460 cm³/mol. The third-order valence-electron chi connectivity index (χ3n) is 22.8. The molecule has 2 saturated heterocycles. The summed E-state index contributed by atoms with van der Waals surface area (Å²) in [6.07, 6.45) is 2.22. The molecule has 12 rings (SSSR count). The molecule has 0 unspecified atom stereocenters. The number of Topliss-reactive ketones (excluding diaryl/α,β-unsaturated/α-hetero) is 2. The summed E-state index contributed by atoms with van der Waals surface area (Å²) in [6, 6.07) is 12.4. The molecule has 122 heavy (non-hydrogen) atoms. The number of hydrogen-bond donors (Lipinski definition) is 4. The summed E-state index contributed by atoms with van der Waals surface area (Å²) in [5.74, 6) is -5.05. The number of rotatable bonds is 34. The number of likely N-dealkylation sites (tertiary alicyclic amines) is 2. The standard InChI is InChI=1S/C43H60N6O10S2.C43H58N6O10S2/c2*1-12-25-21-43(25,38(53)48-61(54,55)59-42(10)15-16-42)22-33(50)32-18-27(23-49(32)37(52)29(40(4,5)6)19-35(51)58-41(7,8)9)57-34-20-31(36-46-47-39(60-36)44-24(2)3)45-30-17-26(56-11)13-14-28(30)34/h13-14,17,20,24-25,27,29,32H,12,15-16,18-19,21-23H2,1-11H3,(H,44,47)(H,48,53);12-14,17,20,24-25,27,29,32H,1,15-16,18-19,21-23H2,2-11H3,(H,44,47)(H,48,53)/t2*25-,27-,29-,32+,43-/m11/s1. The minimum absolute atomic E-state index is 0.0100. The SMILES string of the molecule is C=C[C@@H]1C[C@]1(CC(=O)[C@@H]1C[C@@H](Oc2cc(-c3nnc(NC(C)C)s3)nc3cc(OC)ccc23)CN1C(=O)[C@@H](CC(=O)OC(C)(C)C)C(C)(C)C)C(=O)NS(=O)(=O)OC1(C)CC1.CC[C@@H]1C[C@]1(CC(=O)[C@@H]1C[C@@H](Oc2cc(-c3nnc(NC(C)C)s3)nc3cc(OC)ccc23)CN1C(=O)[C@@H](CC(=O)OC(C)(C)C)C(C)(C)C)C(=O)NS(=O)(=O)OC1(C)CC1. The fourth-order valence-electron chi connectivity index (χ4n) is 15.6. The lowest BCUT2D eigenvalue weighted by atomic mass is 9.77. The minimum atomic E-state index is -4.47. The molecule has 666 valence electrons. The molecule has 6 aliphatic rings. The van der Waals surface area contributed by atoms with Crippen molar-refractivity contribution >= 4 is 122 Å². The zero-order valence-corrected chi connectivity index (χ0v) is 76.9. The van der Waals surface area contributed by atoms with Gasteiger partial charge in [-0.2, -0.15) is 16.8 Å². The molecule has 4 N–H and O–H groups in total. The average molecular weight is 1770 g/mol. The third-order valence-corrected chi connectivity index (χ3v) is 26.6. The van der Waals surface area contributed by atoms with Gasteiger partial charge in [0.1, 0.15) is 57.8 Å². The van der Waals surface area contributed by atoms with E-state index in [1.54, 1.807) is 106 Å². The molecule has 0 bridgehead atoms. The van der Waals surface area contributed by atoms with Gasteiger partial charge in [0.15, 0.2) is 21.6 Å². The molecule has 36 heteroatoms. The molecule has 6 aromatic rings. The first-order chi connectivity index (χ1) is 56.7. The van der Waals surface area contributed by atoms with E-state index in [4.69, 9.17) is 46.8 Å². The van der Waals surface area contributed by atoms with Crippen LogP contribution in [-0.4, -0.2) is 190 Å². The topological polar surface area (TPSA) is 411 Å². The number of nitrogens with one attached hydrogen (secondary N) is 4. The van der Waals surface area contributed by atoms with Gasteiger partial charge in [0.25, 0.3) is 0 Å². The van der Waals surface area contributed by atoms with Crippen molar-refractivity contribution in [3.05, 3.63) is 61.2 Å². The molecule has 2 aliphatic heterocycles. The molecule has 0 spiro atoms. The van der Waals surface area contributed by atoms with E-state index < -0.39 is 154 Å². The van der Waals surface area contributed by atoms with E-state index in [-0.39, 0.29) is 76.0 Å². The van der Waals surface area contributed by atoms with E-state index in [9.17, 15) is 55.2 Å². The van der Waals surface area contributed by atoms with Crippen LogP contribution < -0.4 is 39.0 Å². The van der Waals surface area contributed by atoms with Crippen molar-refractivity contribution in [3.63, 3.8) is 0 Å². The first-order valence-electron chi connectivity index (χ1n) is 41.5. The first-order valence-corrected chi connectivity index (χ1v) is 45.9. The van der Waals surface area contributed by atoms with Crippen LogP contribution >= 0.6 is 22.7 Å². The number of ether oxygens (including phenoxy) is 6. The van der Waals surface area contributed by atoms with Gasteiger partial charge in [-0.15, -0.1) is 27.0 Å². The number of benzene rings is 2. The molecule has 6 fully saturated rings. The number of aromatic nitrogens is 6. The lowest BCUT2D eigenvalue weighted by Crippen LogP contribution is -2.49. The molecule has 10 atom stereocenters. The summed E-state index contributed by atoms with van der Waals surface area (Å²) in [7, 11) is -5.80. The van der Waals surface area contributed by atoms with Gasteiger partial charge in [-0.25, -0.2) is 27.8 Å². The Morgan fingerprint density at radius 3 is 1.28 bits per heavy atom. The number of carbonyl (C=O) groups is 8. The summed E-state index contributed by atoms with van der Waals surface area (Å²) < 4.78 is 102. The Morgan fingerprint density at radius 1 is 0.566 bits per heavy atom. The van der Waals surface area contributed by atoms with Crippen molar-refractivity contribution in [1.29, 1.82) is 0 Å². The highest BCUT2D eigenvalue weighted by molar-refractivity contribution is 7.85. The van der Waals surface area contributed by atoms with E-state index in [2.05, 4.69) is 47.1 Å². The lowest BCUT2D eigenvalue weighted by molar-refractivity contribution is -0.161. The van der Waals surface area contributed by atoms with Gasteiger partial charge < -0.3 is 48.9 Å². The molecule has 4 aliphatic carbocycles. The Morgan fingerprint density at radius 2 is 0.951 bits per heavy atom. The Hall–Kier alpha value is -9.10. The summed E-state index contributed by atoms with van der Waals surface area (Å²) in [5.41, 5.74) is -5.40. The smallest absolute Gasteiger partial charge is 0.362 e. The first kappa shape index (κ1) is 93.6. The minimum Gasteiger partial charge on any atom is -0.497 e. The number of esters is 2. The van der Waals surface area contributed by atoms with E-state index in [0.717, 1.165) is 0 Å². The fraction of sp³-hybridized carbons (Fsp3) is 0.628. The number of pyridine rings is 2. The molecular weight excluding hydrogens is 1650 g/mol. The van der Waals surface area contributed by atoms with Gasteiger partial charge in [0, 0.05) is 72.8 Å². The fourth-order valence-corrected chi connectivity index (χ4v) is 19.6. The average Bonchev–Trinajstić information content (AvgIpc) is 1.58. The van der Waals surface area contributed by atoms with Crippen LogP contribution in [0.4, 0.5) is 10.3 Å². The molecule has 4 saturated carbocycles. The van der Waals surface area contributed by atoms with Crippen LogP contribution in [0.5, 0.6) is 23.0 Å². The maximum Gasteiger partial charge on any atom is 0.362 e. The van der Waals surface area contributed by atoms with Gasteiger partial charge in [-0.3, -0.25) is 38.4 Å². The molecule has 6 heterocycles. The quantitative estimate of drug-likeness (QED) is 0.0215. The van der Waals surface area contributed by atoms with E-state index >= 15 is 0 Å². The maximum atomic E-state index is 14.9. The third kappa shape index (κ3) is 23.1. The molecule has 4 amide bonds. The molecular formula is C86H118N12O20S4. The number of methoxy groups -OCH3 is 2. The number of nitrogens with zero attached hydrogens (tertiary/aromatic N) is 8. The Bertz CT molecular complexity index is 5230. The Kier molecular flexibility index (Phi) is 27.2. The zero-order chi connectivity index (χ0) is 89.7. The summed E-state index contributed by atoms with van der Waals surface area (Å²) in [6.45, 7) is 38.6. The van der Waals surface area contributed by atoms with Crippen LogP contribution in [-0.2, 0) is 76.8 Å². The summed E-state index contributed by atoms with van der Waals surface area (Å²) >= 11 is 2.66. The summed E-state index contributed by atoms with van der Waals surface area (Å²) in [5, 5.41) is 27.4. The van der Waals surface area contributed by atoms with Crippen LogP contribution in [0.2, 0.25) is 0 Å². The summed E-state index contributed by atoms with van der Waals surface area (Å²) in [4.78, 5) is 126. The zero-order valence-electron chi connectivity index (χ0n) is 73.7. The van der Waals surface area contributed by atoms with Crippen molar-refractivity contribution in [2.24, 2.45) is 45.3 Å². The highest BCUT2D eigenvalue weighted by Gasteiger charge is 2.64. The van der Waals surface area contributed by atoms with Gasteiger partial charge >= 0.3 is 32.5 Å². The van der Waals surface area contributed by atoms with Crippen LogP contribution in [0, 0.1) is 45.3 Å². The maximum absolute atomic E-state index is 14.9. The van der Waals surface area contributed by atoms with E-state index in [1.807, 2.05) is 88.3 Å². The highest BCUT2D eigenvalue weighted by Crippen LogP contribution is 2.59. The largest absolute Gasteiger partial charge is 0.497 e. The van der Waals surface area contributed by atoms with Gasteiger partial charge in [0.2, 0.25) is 33.9 Å². The molecule has 32 nitrogen and oxygen atoms in total. The van der Waals surface area contributed by atoms with Crippen molar-refractivity contribution in [2.75, 3.05) is 37.9 Å². The monoisotopic (exact) mass is 1770 g/mol. The number of anilines is 2.